The molecule has 3 aromatic rings. The number of aromatic nitrogens is 2. The van der Waals surface area contributed by atoms with E-state index in [-0.39, 0.29) is 5.91 Å². The van der Waals surface area contributed by atoms with E-state index in [1.807, 2.05) is 58.0 Å². The van der Waals surface area contributed by atoms with Crippen LogP contribution in [0.5, 0.6) is 0 Å². The number of fused-ring (bicyclic) bond motifs is 1. The number of amides is 1. The molecule has 1 aromatic heterocycles. The van der Waals surface area contributed by atoms with Gasteiger partial charge < -0.3 is 5.32 Å². The SMILES string of the molecule is Cc1ccccc1C(C#N)=C(NC(=O)c1cccc2nnsc12)C(C)(C)C. The molecule has 136 valence electrons. The molecule has 0 aliphatic carbocycles. The molecular formula is C21H20N4OS. The fourth-order valence-corrected chi connectivity index (χ4v) is 3.57. The molecule has 0 bridgehead atoms. The Bertz CT molecular complexity index is 1080. The van der Waals surface area contributed by atoms with Crippen LogP contribution in [0, 0.1) is 23.7 Å². The number of allylic oxidation sites excluding steroid dienone is 2. The van der Waals surface area contributed by atoms with E-state index in [1.54, 1.807) is 12.1 Å². The first-order chi connectivity index (χ1) is 12.8. The van der Waals surface area contributed by atoms with Crippen LogP contribution in [0.1, 0.15) is 42.3 Å². The van der Waals surface area contributed by atoms with E-state index in [2.05, 4.69) is 21.0 Å². The Labute approximate surface area is 162 Å². The lowest BCUT2D eigenvalue weighted by Gasteiger charge is -2.26. The van der Waals surface area contributed by atoms with Crippen LogP contribution in [0.25, 0.3) is 15.8 Å². The number of aryl methyl sites for hydroxylation is 1. The highest BCUT2D eigenvalue weighted by Crippen LogP contribution is 2.32. The zero-order valence-electron chi connectivity index (χ0n) is 15.7. The highest BCUT2D eigenvalue weighted by Gasteiger charge is 2.26. The summed E-state index contributed by atoms with van der Waals surface area (Å²) >= 11 is 1.19. The Balaban J connectivity index is 2.11. The van der Waals surface area contributed by atoms with Crippen molar-refractivity contribution in [3.63, 3.8) is 0 Å². The van der Waals surface area contributed by atoms with Gasteiger partial charge >= 0.3 is 0 Å². The van der Waals surface area contributed by atoms with Gasteiger partial charge in [-0.15, -0.1) is 5.10 Å². The standard InChI is InChI=1S/C21H20N4OS/c1-13-8-5-6-9-14(13)16(12-22)19(21(2,3)4)23-20(26)15-10-7-11-17-18(15)27-25-24-17/h5-11H,1-4H3,(H,23,26). The highest BCUT2D eigenvalue weighted by atomic mass is 32.1. The van der Waals surface area contributed by atoms with Gasteiger partial charge in [-0.05, 0) is 41.7 Å². The molecule has 1 heterocycles. The Kier molecular flexibility index (Phi) is 5.06. The van der Waals surface area contributed by atoms with Crippen molar-refractivity contribution in [2.75, 3.05) is 0 Å². The van der Waals surface area contributed by atoms with Crippen molar-refractivity contribution in [3.05, 3.63) is 64.9 Å². The van der Waals surface area contributed by atoms with E-state index in [0.717, 1.165) is 15.8 Å². The predicted molar refractivity (Wildman–Crippen MR) is 108 cm³/mol. The number of nitrogens with one attached hydrogen (secondary N) is 1. The predicted octanol–water partition coefficient (Wildman–Crippen LogP) is 4.71. The summed E-state index contributed by atoms with van der Waals surface area (Å²) in [5.74, 6) is -0.266. The van der Waals surface area contributed by atoms with E-state index in [4.69, 9.17) is 0 Å². The lowest BCUT2D eigenvalue weighted by atomic mass is 9.85. The number of carbonyl (C=O) groups excluding carboxylic acids is 1. The van der Waals surface area contributed by atoms with Gasteiger partial charge in [0.25, 0.3) is 5.91 Å². The Morgan fingerprint density at radius 2 is 1.81 bits per heavy atom. The Morgan fingerprint density at radius 3 is 2.48 bits per heavy atom. The number of hydrogen-bond donors (Lipinski definition) is 1. The summed E-state index contributed by atoms with van der Waals surface area (Å²) in [7, 11) is 0. The van der Waals surface area contributed by atoms with Crippen LogP contribution in [0.2, 0.25) is 0 Å². The van der Waals surface area contributed by atoms with Gasteiger partial charge in [-0.3, -0.25) is 4.79 Å². The number of nitriles is 1. The number of rotatable bonds is 3. The van der Waals surface area contributed by atoms with Gasteiger partial charge in [0.15, 0.2) is 0 Å². The third-order valence-corrected chi connectivity index (χ3v) is 5.06. The molecule has 0 fully saturated rings. The molecule has 3 rings (SSSR count). The van der Waals surface area contributed by atoms with Gasteiger partial charge in [0.05, 0.1) is 15.8 Å². The summed E-state index contributed by atoms with van der Waals surface area (Å²) in [6.07, 6.45) is 0. The fraction of sp³-hybridized carbons (Fsp3) is 0.238. The van der Waals surface area contributed by atoms with Crippen molar-refractivity contribution in [1.29, 1.82) is 5.26 Å². The Hall–Kier alpha value is -3.04. The molecule has 1 N–H and O–H groups in total. The molecule has 6 heteroatoms. The van der Waals surface area contributed by atoms with Gasteiger partial charge in [0.1, 0.15) is 11.6 Å². The molecular weight excluding hydrogens is 356 g/mol. The topological polar surface area (TPSA) is 78.7 Å². The lowest BCUT2D eigenvalue weighted by Crippen LogP contribution is -2.31. The molecule has 2 aromatic carbocycles. The number of hydrogen-bond acceptors (Lipinski definition) is 5. The van der Waals surface area contributed by atoms with Gasteiger partial charge in [-0.1, -0.05) is 55.6 Å². The van der Waals surface area contributed by atoms with Crippen LogP contribution < -0.4 is 5.32 Å². The first-order valence-corrected chi connectivity index (χ1v) is 9.33. The van der Waals surface area contributed by atoms with Crippen molar-refractivity contribution in [1.82, 2.24) is 14.9 Å². The smallest absolute Gasteiger partial charge is 0.257 e. The maximum atomic E-state index is 13.0. The van der Waals surface area contributed by atoms with E-state index in [0.29, 0.717) is 22.4 Å². The molecule has 0 atom stereocenters. The minimum absolute atomic E-state index is 0.266. The maximum Gasteiger partial charge on any atom is 0.257 e. The van der Waals surface area contributed by atoms with Crippen LogP contribution in [0.3, 0.4) is 0 Å². The molecule has 0 aliphatic rings. The van der Waals surface area contributed by atoms with E-state index in [1.165, 1.54) is 11.5 Å². The second-order valence-corrected chi connectivity index (χ2v) is 8.06. The van der Waals surface area contributed by atoms with Crippen LogP contribution in [0.15, 0.2) is 48.2 Å². The summed E-state index contributed by atoms with van der Waals surface area (Å²) in [4.78, 5) is 13.0. The van der Waals surface area contributed by atoms with Crippen molar-refractivity contribution in [2.24, 2.45) is 5.41 Å². The Morgan fingerprint density at radius 1 is 1.11 bits per heavy atom. The second-order valence-electron chi connectivity index (χ2n) is 7.31. The van der Waals surface area contributed by atoms with Gasteiger partial charge in [0, 0.05) is 11.1 Å². The fourth-order valence-electron chi connectivity index (χ4n) is 2.89. The van der Waals surface area contributed by atoms with E-state index < -0.39 is 5.41 Å². The summed E-state index contributed by atoms with van der Waals surface area (Å²) in [6.45, 7) is 7.89. The number of nitrogens with zero attached hydrogens (tertiary/aromatic N) is 3. The third kappa shape index (κ3) is 3.74. The highest BCUT2D eigenvalue weighted by molar-refractivity contribution is 7.13. The molecule has 0 unspecified atom stereocenters. The zero-order valence-corrected chi connectivity index (χ0v) is 16.5. The van der Waals surface area contributed by atoms with Crippen LogP contribution in [-0.4, -0.2) is 15.5 Å². The lowest BCUT2D eigenvalue weighted by molar-refractivity contribution is 0.0960. The molecule has 0 aliphatic heterocycles. The molecule has 0 saturated carbocycles. The number of benzene rings is 2. The summed E-state index contributed by atoms with van der Waals surface area (Å²) in [5, 5.41) is 16.9. The number of carbonyl (C=O) groups is 1. The van der Waals surface area contributed by atoms with Gasteiger partial charge in [0.2, 0.25) is 0 Å². The second kappa shape index (κ2) is 7.29. The average molecular weight is 376 g/mol. The van der Waals surface area contributed by atoms with Gasteiger partial charge in [-0.25, -0.2) is 0 Å². The van der Waals surface area contributed by atoms with Crippen molar-refractivity contribution in [2.45, 2.75) is 27.7 Å². The molecule has 1 amide bonds. The largest absolute Gasteiger partial charge is 0.324 e. The minimum atomic E-state index is -0.428. The molecule has 0 saturated heterocycles. The van der Waals surface area contributed by atoms with Crippen LogP contribution in [-0.2, 0) is 0 Å². The van der Waals surface area contributed by atoms with E-state index >= 15 is 0 Å². The zero-order chi connectivity index (χ0) is 19.6. The third-order valence-electron chi connectivity index (χ3n) is 4.28. The van der Waals surface area contributed by atoms with Gasteiger partial charge in [-0.2, -0.15) is 5.26 Å². The summed E-state index contributed by atoms with van der Waals surface area (Å²) < 4.78 is 4.66. The molecule has 0 spiro atoms. The van der Waals surface area contributed by atoms with E-state index in [9.17, 15) is 10.1 Å². The first kappa shape index (κ1) is 18.7. The minimum Gasteiger partial charge on any atom is -0.324 e. The summed E-state index contributed by atoms with van der Waals surface area (Å²) in [5.41, 5.74) is 3.65. The molecule has 27 heavy (non-hydrogen) atoms. The first-order valence-electron chi connectivity index (χ1n) is 8.56. The van der Waals surface area contributed by atoms with Crippen molar-refractivity contribution >= 4 is 33.2 Å². The van der Waals surface area contributed by atoms with Crippen molar-refractivity contribution < 1.29 is 4.79 Å². The monoisotopic (exact) mass is 376 g/mol. The van der Waals surface area contributed by atoms with Crippen molar-refractivity contribution in [3.8, 4) is 6.07 Å². The molecule has 5 nitrogen and oxygen atoms in total. The molecule has 0 radical (unpaired) electrons. The normalized spacial score (nSPS) is 12.4. The quantitative estimate of drug-likeness (QED) is 0.671. The van der Waals surface area contributed by atoms with Crippen LogP contribution in [0.4, 0.5) is 0 Å². The summed E-state index contributed by atoms with van der Waals surface area (Å²) in [6, 6.07) is 15.3. The average Bonchev–Trinajstić information content (AvgIpc) is 3.10. The maximum absolute atomic E-state index is 13.0. The van der Waals surface area contributed by atoms with Crippen LogP contribution >= 0.6 is 11.5 Å².